The normalized spacial score (nSPS) is 16.7. The van der Waals surface area contributed by atoms with Crippen molar-refractivity contribution in [3.05, 3.63) is 81.3 Å². The molecule has 0 saturated carbocycles. The zero-order valence-electron chi connectivity index (χ0n) is 19.5. The lowest BCUT2D eigenvalue weighted by atomic mass is 9.99. The van der Waals surface area contributed by atoms with Crippen LogP contribution in [0.15, 0.2) is 58.4 Å². The van der Waals surface area contributed by atoms with Crippen molar-refractivity contribution in [2.75, 3.05) is 13.1 Å². The molecule has 178 valence electrons. The summed E-state index contributed by atoms with van der Waals surface area (Å²) in [5, 5.41) is 17.3. The van der Waals surface area contributed by atoms with Crippen LogP contribution in [-0.4, -0.2) is 34.8 Å². The molecule has 1 aliphatic heterocycles. The Hall–Kier alpha value is -3.03. The maximum atomic E-state index is 14.5. The molecule has 7 heteroatoms. The van der Waals surface area contributed by atoms with E-state index in [0.717, 1.165) is 41.9 Å². The van der Waals surface area contributed by atoms with Crippen LogP contribution >= 0.6 is 11.3 Å². The predicted octanol–water partition coefficient (Wildman–Crippen LogP) is 5.96. The van der Waals surface area contributed by atoms with Crippen molar-refractivity contribution in [2.45, 2.75) is 39.8 Å². The van der Waals surface area contributed by atoms with Crippen LogP contribution in [0.2, 0.25) is 0 Å². The molecule has 0 spiro atoms. The zero-order valence-corrected chi connectivity index (χ0v) is 20.3. The topological polar surface area (TPSA) is 62.1 Å². The molecule has 1 atom stereocenters. The molecule has 1 aliphatic rings. The minimum atomic E-state index is -0.707. The number of rotatable bonds is 9. The first-order valence-electron chi connectivity index (χ1n) is 11.5. The van der Waals surface area contributed by atoms with Gasteiger partial charge in [-0.25, -0.2) is 4.39 Å². The van der Waals surface area contributed by atoms with E-state index >= 15 is 0 Å². The Bertz CT molecular complexity index is 1180. The van der Waals surface area contributed by atoms with Gasteiger partial charge in [0.25, 0.3) is 0 Å². The van der Waals surface area contributed by atoms with Gasteiger partial charge in [0, 0.05) is 18.7 Å². The van der Waals surface area contributed by atoms with E-state index in [1.54, 1.807) is 17.4 Å². The minimum absolute atomic E-state index is 0.191. The molecule has 0 aliphatic carbocycles. The molecule has 2 aromatic carbocycles. The summed E-state index contributed by atoms with van der Waals surface area (Å²) in [7, 11) is 0. The van der Waals surface area contributed by atoms with Gasteiger partial charge in [-0.1, -0.05) is 36.3 Å². The van der Waals surface area contributed by atoms with E-state index in [4.69, 9.17) is 4.84 Å². The van der Waals surface area contributed by atoms with Crippen LogP contribution < -0.4 is 0 Å². The SMILES string of the molecule is CCc1cc(C(C)=NOCc2ccc(-c3ccsc3)c(F)c2)ccc1CN1CCC(C(=O)O)C1. The fraction of sp³-hybridized carbons (Fsp3) is 0.333. The lowest BCUT2D eigenvalue weighted by Gasteiger charge is -2.18. The molecular formula is C27H29FN2O3S. The number of carboxylic acids is 1. The minimum Gasteiger partial charge on any atom is -0.481 e. The second-order valence-corrected chi connectivity index (χ2v) is 9.45. The summed E-state index contributed by atoms with van der Waals surface area (Å²) < 4.78 is 14.5. The number of carboxylic acid groups (broad SMARTS) is 1. The van der Waals surface area contributed by atoms with Crippen molar-refractivity contribution < 1.29 is 19.1 Å². The number of hydrogen-bond acceptors (Lipinski definition) is 5. The summed E-state index contributed by atoms with van der Waals surface area (Å²) >= 11 is 1.54. The van der Waals surface area contributed by atoms with Crippen LogP contribution in [0, 0.1) is 11.7 Å². The summed E-state index contributed by atoms with van der Waals surface area (Å²) in [6.07, 6.45) is 1.59. The third-order valence-corrected chi connectivity index (χ3v) is 7.00. The van der Waals surface area contributed by atoms with E-state index in [0.29, 0.717) is 18.5 Å². The average Bonchev–Trinajstić information content (AvgIpc) is 3.52. The van der Waals surface area contributed by atoms with E-state index in [1.165, 1.54) is 17.2 Å². The molecule has 5 nitrogen and oxygen atoms in total. The van der Waals surface area contributed by atoms with Gasteiger partial charge in [-0.3, -0.25) is 9.69 Å². The van der Waals surface area contributed by atoms with Crippen molar-refractivity contribution >= 4 is 23.0 Å². The van der Waals surface area contributed by atoms with E-state index in [1.807, 2.05) is 35.9 Å². The number of hydrogen-bond donors (Lipinski definition) is 1. The largest absolute Gasteiger partial charge is 0.481 e. The fourth-order valence-electron chi connectivity index (χ4n) is 4.31. The van der Waals surface area contributed by atoms with Gasteiger partial charge < -0.3 is 9.94 Å². The smallest absolute Gasteiger partial charge is 0.307 e. The van der Waals surface area contributed by atoms with Gasteiger partial charge in [-0.15, -0.1) is 0 Å². The molecule has 0 bridgehead atoms. The molecule has 1 N–H and O–H groups in total. The molecule has 2 heterocycles. The van der Waals surface area contributed by atoms with Crippen molar-refractivity contribution in [1.29, 1.82) is 0 Å². The quantitative estimate of drug-likeness (QED) is 0.303. The Balaban J connectivity index is 1.37. The van der Waals surface area contributed by atoms with Crippen molar-refractivity contribution in [2.24, 2.45) is 11.1 Å². The number of aryl methyl sites for hydroxylation is 1. The van der Waals surface area contributed by atoms with Crippen molar-refractivity contribution in [3.63, 3.8) is 0 Å². The monoisotopic (exact) mass is 480 g/mol. The molecular weight excluding hydrogens is 451 g/mol. The Kier molecular flexibility index (Phi) is 7.75. The number of likely N-dealkylation sites (tertiary alicyclic amines) is 1. The molecule has 1 fully saturated rings. The van der Waals surface area contributed by atoms with Crippen LogP contribution in [0.3, 0.4) is 0 Å². The summed E-state index contributed by atoms with van der Waals surface area (Å²) in [5.74, 6) is -1.24. The first-order valence-corrected chi connectivity index (χ1v) is 12.4. The number of carbonyl (C=O) groups is 1. The number of benzene rings is 2. The Morgan fingerprint density at radius 2 is 2.09 bits per heavy atom. The van der Waals surface area contributed by atoms with E-state index in [9.17, 15) is 14.3 Å². The fourth-order valence-corrected chi connectivity index (χ4v) is 4.97. The van der Waals surface area contributed by atoms with E-state index in [2.05, 4.69) is 29.1 Å². The molecule has 1 unspecified atom stereocenters. The standard InChI is InChI=1S/C27H29FN2O3S/c1-3-20-13-21(5-6-22(20)14-30-10-8-23(15-30)27(31)32)18(2)29-33-16-19-4-7-25(26(28)12-19)24-9-11-34-17-24/h4-7,9,11-13,17,23H,3,8,10,14-16H2,1-2H3,(H,31,32). The maximum Gasteiger partial charge on any atom is 0.307 e. The van der Waals surface area contributed by atoms with Gasteiger partial charge in [-0.2, -0.15) is 11.3 Å². The van der Waals surface area contributed by atoms with Crippen LogP contribution in [-0.2, 0) is 29.2 Å². The molecule has 0 radical (unpaired) electrons. The van der Waals surface area contributed by atoms with Crippen LogP contribution in [0.25, 0.3) is 11.1 Å². The van der Waals surface area contributed by atoms with Gasteiger partial charge in [0.15, 0.2) is 0 Å². The summed E-state index contributed by atoms with van der Waals surface area (Å²) in [6.45, 7) is 6.37. The van der Waals surface area contributed by atoms with Crippen molar-refractivity contribution in [1.82, 2.24) is 4.90 Å². The van der Waals surface area contributed by atoms with E-state index in [-0.39, 0.29) is 18.3 Å². The van der Waals surface area contributed by atoms with Crippen molar-refractivity contribution in [3.8, 4) is 11.1 Å². The van der Waals surface area contributed by atoms with E-state index < -0.39 is 5.97 Å². The van der Waals surface area contributed by atoms with Crippen LogP contribution in [0.1, 0.15) is 42.5 Å². The maximum absolute atomic E-state index is 14.5. The van der Waals surface area contributed by atoms with Gasteiger partial charge in [0.05, 0.1) is 11.6 Å². The summed E-state index contributed by atoms with van der Waals surface area (Å²) in [6, 6.07) is 13.3. The number of oxime groups is 1. The van der Waals surface area contributed by atoms with Crippen LogP contribution in [0.5, 0.6) is 0 Å². The molecule has 0 amide bonds. The highest BCUT2D eigenvalue weighted by Crippen LogP contribution is 2.26. The third kappa shape index (κ3) is 5.72. The number of thiophene rings is 1. The van der Waals surface area contributed by atoms with Gasteiger partial charge >= 0.3 is 5.97 Å². The Morgan fingerprint density at radius 3 is 2.76 bits per heavy atom. The first kappa shape index (κ1) is 24.1. The van der Waals surface area contributed by atoms with Gasteiger partial charge in [-0.05, 0) is 83.1 Å². The molecule has 1 saturated heterocycles. The predicted molar refractivity (Wildman–Crippen MR) is 134 cm³/mol. The highest BCUT2D eigenvalue weighted by atomic mass is 32.1. The number of halogens is 1. The number of aliphatic carboxylic acids is 1. The lowest BCUT2D eigenvalue weighted by Crippen LogP contribution is -2.23. The molecule has 1 aromatic heterocycles. The van der Waals surface area contributed by atoms with Gasteiger partial charge in [0.1, 0.15) is 12.4 Å². The average molecular weight is 481 g/mol. The summed E-state index contributed by atoms with van der Waals surface area (Å²) in [5.41, 5.74) is 6.36. The second-order valence-electron chi connectivity index (χ2n) is 8.67. The zero-order chi connectivity index (χ0) is 24.1. The van der Waals surface area contributed by atoms with Crippen LogP contribution in [0.4, 0.5) is 4.39 Å². The summed E-state index contributed by atoms with van der Waals surface area (Å²) in [4.78, 5) is 19.0. The number of nitrogens with zero attached hydrogens (tertiary/aromatic N) is 2. The molecule has 4 rings (SSSR count). The third-order valence-electron chi connectivity index (χ3n) is 6.32. The Morgan fingerprint density at radius 1 is 1.24 bits per heavy atom. The highest BCUT2D eigenvalue weighted by Gasteiger charge is 2.28. The molecule has 3 aromatic rings. The van der Waals surface area contributed by atoms with Gasteiger partial charge in [0.2, 0.25) is 0 Å². The second kappa shape index (κ2) is 10.9. The first-order chi connectivity index (χ1) is 16.4. The Labute approximate surface area is 203 Å². The lowest BCUT2D eigenvalue weighted by molar-refractivity contribution is -0.141. The molecule has 34 heavy (non-hydrogen) atoms. The highest BCUT2D eigenvalue weighted by molar-refractivity contribution is 7.08.